The van der Waals surface area contributed by atoms with Crippen LogP contribution in [-0.4, -0.2) is 76.3 Å². The lowest BCUT2D eigenvalue weighted by molar-refractivity contribution is -0.139. The Bertz CT molecular complexity index is 242. The van der Waals surface area contributed by atoms with Crippen LogP contribution in [0.25, 0.3) is 0 Å². The first-order valence-corrected chi connectivity index (χ1v) is 5.17. The minimum Gasteiger partial charge on any atom is -0.480 e. The van der Waals surface area contributed by atoms with Gasteiger partial charge < -0.3 is 30.6 Å². The molecule has 0 aliphatic rings. The Balaban J connectivity index is 4.38. The Morgan fingerprint density at radius 1 is 1.06 bits per heavy atom. The Hall–Kier alpha value is -1.38. The number of carbonyl (C=O) groups is 2. The SMILES string of the molecule is O=C(O)[C@H](CCO)NC(=O)N(CCO)CCO. The summed E-state index contributed by atoms with van der Waals surface area (Å²) in [5.74, 6) is -1.25. The van der Waals surface area contributed by atoms with Gasteiger partial charge in [0.15, 0.2) is 0 Å². The van der Waals surface area contributed by atoms with Crippen molar-refractivity contribution in [2.24, 2.45) is 0 Å². The number of urea groups is 1. The van der Waals surface area contributed by atoms with Crippen LogP contribution in [0.1, 0.15) is 6.42 Å². The first kappa shape index (κ1) is 15.6. The van der Waals surface area contributed by atoms with Gasteiger partial charge in [-0.25, -0.2) is 9.59 Å². The fourth-order valence-corrected chi connectivity index (χ4v) is 1.18. The number of rotatable bonds is 8. The maximum Gasteiger partial charge on any atom is 0.326 e. The Kier molecular flexibility index (Phi) is 8.03. The van der Waals surface area contributed by atoms with E-state index in [9.17, 15) is 9.59 Å². The molecule has 0 aromatic rings. The average Bonchev–Trinajstić information content (AvgIpc) is 2.28. The quantitative estimate of drug-likeness (QED) is 0.333. The number of hydrogen-bond acceptors (Lipinski definition) is 5. The maximum absolute atomic E-state index is 11.6. The number of aliphatic hydroxyl groups is 3. The number of carbonyl (C=O) groups excluding carboxylic acids is 1. The normalized spacial score (nSPS) is 11.9. The molecular weight excluding hydrogens is 232 g/mol. The van der Waals surface area contributed by atoms with Gasteiger partial charge in [-0.3, -0.25) is 0 Å². The van der Waals surface area contributed by atoms with Crippen molar-refractivity contribution >= 4 is 12.0 Å². The number of aliphatic carboxylic acids is 1. The van der Waals surface area contributed by atoms with Gasteiger partial charge in [0.25, 0.3) is 0 Å². The van der Waals surface area contributed by atoms with E-state index in [0.717, 1.165) is 4.90 Å². The predicted octanol–water partition coefficient (Wildman–Crippen LogP) is -2.18. The van der Waals surface area contributed by atoms with Gasteiger partial charge in [0.2, 0.25) is 0 Å². The number of aliphatic hydroxyl groups excluding tert-OH is 3. The Morgan fingerprint density at radius 2 is 1.59 bits per heavy atom. The third-order valence-electron chi connectivity index (χ3n) is 2.04. The zero-order valence-electron chi connectivity index (χ0n) is 9.37. The average molecular weight is 250 g/mol. The second kappa shape index (κ2) is 8.74. The lowest BCUT2D eigenvalue weighted by atomic mass is 10.2. The molecule has 0 rings (SSSR count). The van der Waals surface area contributed by atoms with E-state index in [1.165, 1.54) is 0 Å². The molecule has 8 heteroatoms. The van der Waals surface area contributed by atoms with Gasteiger partial charge in [-0.05, 0) is 0 Å². The molecule has 2 amide bonds. The van der Waals surface area contributed by atoms with Gasteiger partial charge in [0.05, 0.1) is 13.2 Å². The molecule has 0 spiro atoms. The summed E-state index contributed by atoms with van der Waals surface area (Å²) in [5, 5.41) is 37.0. The minimum atomic E-state index is -1.25. The second-order valence-electron chi connectivity index (χ2n) is 3.29. The molecule has 0 aliphatic heterocycles. The van der Waals surface area contributed by atoms with Crippen LogP contribution in [0.5, 0.6) is 0 Å². The monoisotopic (exact) mass is 250 g/mol. The number of carboxylic acid groups (broad SMARTS) is 1. The fraction of sp³-hybridized carbons (Fsp3) is 0.778. The first-order valence-electron chi connectivity index (χ1n) is 5.17. The summed E-state index contributed by atoms with van der Waals surface area (Å²) in [5.41, 5.74) is 0. The highest BCUT2D eigenvalue weighted by Gasteiger charge is 2.22. The van der Waals surface area contributed by atoms with Gasteiger partial charge in [-0.2, -0.15) is 0 Å². The van der Waals surface area contributed by atoms with Crippen molar-refractivity contribution in [1.29, 1.82) is 0 Å². The van der Waals surface area contributed by atoms with E-state index < -0.39 is 18.0 Å². The summed E-state index contributed by atoms with van der Waals surface area (Å²) in [4.78, 5) is 23.4. The smallest absolute Gasteiger partial charge is 0.326 e. The molecule has 0 aliphatic carbocycles. The molecule has 0 aromatic carbocycles. The van der Waals surface area contributed by atoms with Crippen LogP contribution in [-0.2, 0) is 4.79 Å². The molecule has 8 nitrogen and oxygen atoms in total. The molecule has 0 radical (unpaired) electrons. The molecule has 0 heterocycles. The number of nitrogens with one attached hydrogen (secondary N) is 1. The van der Waals surface area contributed by atoms with E-state index in [0.29, 0.717) is 0 Å². The summed E-state index contributed by atoms with van der Waals surface area (Å²) in [6, 6.07) is -1.89. The van der Waals surface area contributed by atoms with Crippen molar-refractivity contribution in [3.63, 3.8) is 0 Å². The van der Waals surface area contributed by atoms with Gasteiger partial charge in [0, 0.05) is 26.1 Å². The van der Waals surface area contributed by atoms with Crippen LogP contribution >= 0.6 is 0 Å². The van der Waals surface area contributed by atoms with Gasteiger partial charge in [-0.15, -0.1) is 0 Å². The lowest BCUT2D eigenvalue weighted by Gasteiger charge is -2.23. The molecule has 0 bridgehead atoms. The van der Waals surface area contributed by atoms with Crippen molar-refractivity contribution in [3.8, 4) is 0 Å². The minimum absolute atomic E-state index is 0.00213. The molecule has 0 saturated carbocycles. The van der Waals surface area contributed by atoms with E-state index in [-0.39, 0.29) is 39.3 Å². The molecule has 1 atom stereocenters. The van der Waals surface area contributed by atoms with Crippen molar-refractivity contribution in [2.45, 2.75) is 12.5 Å². The van der Waals surface area contributed by atoms with Gasteiger partial charge in [0.1, 0.15) is 6.04 Å². The second-order valence-corrected chi connectivity index (χ2v) is 3.29. The van der Waals surface area contributed by atoms with Gasteiger partial charge in [-0.1, -0.05) is 0 Å². The predicted molar refractivity (Wildman–Crippen MR) is 57.4 cm³/mol. The molecule has 5 N–H and O–H groups in total. The summed E-state index contributed by atoms with van der Waals surface area (Å²) in [7, 11) is 0. The van der Waals surface area contributed by atoms with E-state index in [2.05, 4.69) is 5.32 Å². The van der Waals surface area contributed by atoms with Crippen LogP contribution in [0.15, 0.2) is 0 Å². The van der Waals surface area contributed by atoms with Crippen molar-refractivity contribution in [1.82, 2.24) is 10.2 Å². The van der Waals surface area contributed by atoms with Crippen LogP contribution in [0, 0.1) is 0 Å². The molecular formula is C9H18N2O6. The van der Waals surface area contributed by atoms with Crippen LogP contribution in [0.3, 0.4) is 0 Å². The molecule has 0 aromatic heterocycles. The van der Waals surface area contributed by atoms with Crippen molar-refractivity contribution < 1.29 is 30.0 Å². The highest BCUT2D eigenvalue weighted by atomic mass is 16.4. The molecule has 17 heavy (non-hydrogen) atoms. The Morgan fingerprint density at radius 3 is 1.94 bits per heavy atom. The molecule has 0 saturated heterocycles. The van der Waals surface area contributed by atoms with Crippen LogP contribution in [0.2, 0.25) is 0 Å². The third-order valence-corrected chi connectivity index (χ3v) is 2.04. The van der Waals surface area contributed by atoms with E-state index in [4.69, 9.17) is 20.4 Å². The van der Waals surface area contributed by atoms with Crippen LogP contribution in [0.4, 0.5) is 4.79 Å². The summed E-state index contributed by atoms with van der Waals surface area (Å²) >= 11 is 0. The summed E-state index contributed by atoms with van der Waals surface area (Å²) in [6.07, 6.45) is -0.104. The summed E-state index contributed by atoms with van der Waals surface area (Å²) in [6.45, 7) is -0.941. The largest absolute Gasteiger partial charge is 0.480 e. The highest BCUT2D eigenvalue weighted by Crippen LogP contribution is 1.95. The standard InChI is InChI=1S/C9H18N2O6/c12-4-1-7(8(15)16)10-9(17)11(2-5-13)3-6-14/h7,12-14H,1-6H2,(H,10,17)(H,15,16)/t7-/m0/s1. The lowest BCUT2D eigenvalue weighted by Crippen LogP contribution is -2.49. The van der Waals surface area contributed by atoms with Crippen molar-refractivity contribution in [2.75, 3.05) is 32.9 Å². The highest BCUT2D eigenvalue weighted by molar-refractivity contribution is 5.82. The van der Waals surface area contributed by atoms with Gasteiger partial charge >= 0.3 is 12.0 Å². The van der Waals surface area contributed by atoms with E-state index in [1.54, 1.807) is 0 Å². The number of carboxylic acids is 1. The number of hydrogen-bond donors (Lipinski definition) is 5. The molecule has 100 valence electrons. The molecule has 0 unspecified atom stereocenters. The zero-order valence-corrected chi connectivity index (χ0v) is 9.37. The van der Waals surface area contributed by atoms with Crippen molar-refractivity contribution in [3.05, 3.63) is 0 Å². The molecule has 0 fully saturated rings. The first-order chi connectivity index (χ1) is 8.06. The topological polar surface area (TPSA) is 130 Å². The fourth-order valence-electron chi connectivity index (χ4n) is 1.18. The number of nitrogens with zero attached hydrogens (tertiary/aromatic N) is 1. The number of amides is 2. The Labute approximate surface area is 98.5 Å². The van der Waals surface area contributed by atoms with E-state index in [1.807, 2.05) is 0 Å². The summed E-state index contributed by atoms with van der Waals surface area (Å²) < 4.78 is 0. The zero-order chi connectivity index (χ0) is 13.3. The maximum atomic E-state index is 11.6. The third kappa shape index (κ3) is 6.05. The van der Waals surface area contributed by atoms with E-state index >= 15 is 0 Å². The van der Waals surface area contributed by atoms with Crippen LogP contribution < -0.4 is 5.32 Å².